The second-order valence-corrected chi connectivity index (χ2v) is 5.20. The van der Waals surface area contributed by atoms with E-state index in [1.165, 1.54) is 4.68 Å². The Hall–Kier alpha value is -2.02. The van der Waals surface area contributed by atoms with Crippen LogP contribution in [-0.2, 0) is 25.7 Å². The van der Waals surface area contributed by atoms with Crippen LogP contribution in [0.1, 0.15) is 22.5 Å². The van der Waals surface area contributed by atoms with Crippen LogP contribution in [0.25, 0.3) is 0 Å². The Labute approximate surface area is 125 Å². The maximum Gasteiger partial charge on any atom is 0.435 e. The first kappa shape index (κ1) is 14.9. The molecule has 7 heteroatoms. The molecule has 3 rings (SSSR count). The number of methoxy groups -OCH3 is 1. The predicted octanol–water partition coefficient (Wildman–Crippen LogP) is 2.60. The highest BCUT2D eigenvalue weighted by atomic mass is 19.4. The van der Waals surface area contributed by atoms with Crippen LogP contribution < -0.4 is 10.1 Å². The summed E-state index contributed by atoms with van der Waals surface area (Å²) in [5, 5.41) is 6.80. The van der Waals surface area contributed by atoms with Gasteiger partial charge in [0.2, 0.25) is 0 Å². The summed E-state index contributed by atoms with van der Waals surface area (Å²) in [6, 6.07) is 7.25. The average Bonchev–Trinajstić information content (AvgIpc) is 2.87. The van der Waals surface area contributed by atoms with Gasteiger partial charge in [0.25, 0.3) is 0 Å². The van der Waals surface area contributed by atoms with Gasteiger partial charge in [-0.3, -0.25) is 4.68 Å². The van der Waals surface area contributed by atoms with E-state index in [1.807, 2.05) is 12.1 Å². The Morgan fingerprint density at radius 1 is 1.27 bits per heavy atom. The summed E-state index contributed by atoms with van der Waals surface area (Å²) in [6.07, 6.45) is -3.87. The predicted molar refractivity (Wildman–Crippen MR) is 74.7 cm³/mol. The van der Waals surface area contributed by atoms with Crippen molar-refractivity contribution in [1.82, 2.24) is 15.1 Å². The van der Waals surface area contributed by atoms with Crippen molar-refractivity contribution in [3.8, 4) is 5.75 Å². The summed E-state index contributed by atoms with van der Waals surface area (Å²) in [7, 11) is 1.57. The second-order valence-electron chi connectivity index (χ2n) is 5.20. The molecule has 0 saturated heterocycles. The number of nitrogens with zero attached hydrogens (tertiary/aromatic N) is 2. The molecule has 0 fully saturated rings. The quantitative estimate of drug-likeness (QED) is 0.947. The van der Waals surface area contributed by atoms with E-state index in [2.05, 4.69) is 10.4 Å². The number of hydrogen-bond donors (Lipinski definition) is 1. The van der Waals surface area contributed by atoms with Crippen molar-refractivity contribution in [2.75, 3.05) is 13.7 Å². The zero-order valence-corrected chi connectivity index (χ0v) is 12.1. The van der Waals surface area contributed by atoms with Gasteiger partial charge in [-0.05, 0) is 17.7 Å². The van der Waals surface area contributed by atoms with Gasteiger partial charge in [0.15, 0.2) is 5.69 Å². The van der Waals surface area contributed by atoms with E-state index in [0.717, 1.165) is 5.56 Å². The highest BCUT2D eigenvalue weighted by molar-refractivity contribution is 5.32. The van der Waals surface area contributed by atoms with E-state index >= 15 is 0 Å². The van der Waals surface area contributed by atoms with Gasteiger partial charge in [-0.1, -0.05) is 12.1 Å². The molecule has 2 heterocycles. The van der Waals surface area contributed by atoms with Gasteiger partial charge in [-0.2, -0.15) is 18.3 Å². The Morgan fingerprint density at radius 2 is 2.00 bits per heavy atom. The fraction of sp³-hybridized carbons (Fsp3) is 0.400. The first-order chi connectivity index (χ1) is 10.5. The molecule has 0 bridgehead atoms. The maximum absolute atomic E-state index is 13.1. The topological polar surface area (TPSA) is 39.1 Å². The number of fused-ring (bicyclic) bond motifs is 1. The van der Waals surface area contributed by atoms with E-state index in [4.69, 9.17) is 4.74 Å². The van der Waals surface area contributed by atoms with E-state index < -0.39 is 11.9 Å². The second kappa shape index (κ2) is 5.64. The molecule has 118 valence electrons. The normalized spacial score (nSPS) is 14.7. The minimum atomic E-state index is -4.42. The van der Waals surface area contributed by atoms with Crippen molar-refractivity contribution in [2.24, 2.45) is 0 Å². The maximum atomic E-state index is 13.1. The lowest BCUT2D eigenvalue weighted by molar-refractivity contribution is -0.142. The van der Waals surface area contributed by atoms with Crippen LogP contribution in [-0.4, -0.2) is 23.4 Å². The number of hydrogen-bond acceptors (Lipinski definition) is 3. The van der Waals surface area contributed by atoms with Crippen molar-refractivity contribution in [1.29, 1.82) is 0 Å². The molecule has 0 radical (unpaired) electrons. The Balaban J connectivity index is 1.94. The van der Waals surface area contributed by atoms with Crippen molar-refractivity contribution in [3.05, 3.63) is 46.8 Å². The molecule has 4 nitrogen and oxygen atoms in total. The van der Waals surface area contributed by atoms with Crippen molar-refractivity contribution in [3.63, 3.8) is 0 Å². The van der Waals surface area contributed by atoms with Crippen LogP contribution in [0.4, 0.5) is 13.2 Å². The molecule has 2 aromatic rings. The fourth-order valence-electron chi connectivity index (χ4n) is 2.68. The van der Waals surface area contributed by atoms with Crippen molar-refractivity contribution in [2.45, 2.75) is 25.7 Å². The molecule has 1 aromatic heterocycles. The summed E-state index contributed by atoms with van der Waals surface area (Å²) in [5.41, 5.74) is 1.05. The third-order valence-electron chi connectivity index (χ3n) is 3.77. The number of alkyl halides is 3. The molecular weight excluding hydrogens is 295 g/mol. The van der Waals surface area contributed by atoms with Gasteiger partial charge in [-0.25, -0.2) is 0 Å². The molecule has 1 aliphatic heterocycles. The summed E-state index contributed by atoms with van der Waals surface area (Å²) >= 11 is 0. The molecule has 0 amide bonds. The monoisotopic (exact) mass is 311 g/mol. The number of rotatable bonds is 3. The van der Waals surface area contributed by atoms with Gasteiger partial charge in [0.05, 0.1) is 13.7 Å². The van der Waals surface area contributed by atoms with Gasteiger partial charge >= 0.3 is 6.18 Å². The van der Waals surface area contributed by atoms with Crippen LogP contribution in [0.5, 0.6) is 5.75 Å². The fourth-order valence-corrected chi connectivity index (χ4v) is 2.68. The molecule has 1 aromatic carbocycles. The lowest BCUT2D eigenvalue weighted by atomic mass is 10.1. The molecule has 0 aliphatic carbocycles. The molecule has 0 atom stereocenters. The van der Waals surface area contributed by atoms with Gasteiger partial charge < -0.3 is 10.1 Å². The largest absolute Gasteiger partial charge is 0.497 e. The van der Waals surface area contributed by atoms with Crippen molar-refractivity contribution >= 4 is 0 Å². The number of ether oxygens (including phenoxy) is 1. The third kappa shape index (κ3) is 2.81. The number of benzene rings is 1. The number of aromatic nitrogens is 2. The van der Waals surface area contributed by atoms with Crippen LogP contribution >= 0.6 is 0 Å². The van der Waals surface area contributed by atoms with Crippen LogP contribution in [0.3, 0.4) is 0 Å². The highest BCUT2D eigenvalue weighted by Crippen LogP contribution is 2.34. The molecule has 0 unspecified atom stereocenters. The molecule has 1 N–H and O–H groups in total. The number of nitrogens with one attached hydrogen (secondary N) is 1. The van der Waals surface area contributed by atoms with Gasteiger partial charge in [-0.15, -0.1) is 0 Å². The van der Waals surface area contributed by atoms with Crippen LogP contribution in [0.15, 0.2) is 24.3 Å². The average molecular weight is 311 g/mol. The lowest BCUT2D eigenvalue weighted by Crippen LogP contribution is -2.26. The Bertz CT molecular complexity index is 662. The smallest absolute Gasteiger partial charge is 0.435 e. The SMILES string of the molecule is COc1ccc(Cn2nc(C(F)(F)F)c3c2CCNC3)cc1. The molecular formula is C15H16F3N3O. The zero-order valence-electron chi connectivity index (χ0n) is 12.1. The Morgan fingerprint density at radius 3 is 2.64 bits per heavy atom. The first-order valence-corrected chi connectivity index (χ1v) is 6.98. The van der Waals surface area contributed by atoms with E-state index in [0.29, 0.717) is 31.0 Å². The molecule has 1 aliphatic rings. The minimum Gasteiger partial charge on any atom is -0.497 e. The molecule has 0 saturated carbocycles. The zero-order chi connectivity index (χ0) is 15.7. The van der Waals surface area contributed by atoms with E-state index in [9.17, 15) is 13.2 Å². The first-order valence-electron chi connectivity index (χ1n) is 6.98. The minimum absolute atomic E-state index is 0.215. The van der Waals surface area contributed by atoms with Gasteiger partial charge in [0.1, 0.15) is 5.75 Å². The highest BCUT2D eigenvalue weighted by Gasteiger charge is 2.39. The number of halogens is 3. The van der Waals surface area contributed by atoms with Crippen LogP contribution in [0.2, 0.25) is 0 Å². The molecule has 0 spiro atoms. The lowest BCUT2D eigenvalue weighted by Gasteiger charge is -2.16. The molecule has 22 heavy (non-hydrogen) atoms. The standard InChI is InChI=1S/C15H16F3N3O/c1-22-11-4-2-10(3-5-11)9-21-13-6-7-19-8-12(13)14(20-21)15(16,17)18/h2-5,19H,6-9H2,1H3. The summed E-state index contributed by atoms with van der Waals surface area (Å²) in [6.45, 7) is 1.20. The van der Waals surface area contributed by atoms with E-state index in [-0.39, 0.29) is 12.1 Å². The van der Waals surface area contributed by atoms with Crippen LogP contribution in [0, 0.1) is 0 Å². The summed E-state index contributed by atoms with van der Waals surface area (Å²) in [5.74, 6) is 0.714. The summed E-state index contributed by atoms with van der Waals surface area (Å²) in [4.78, 5) is 0. The van der Waals surface area contributed by atoms with E-state index in [1.54, 1.807) is 19.2 Å². The Kier molecular flexibility index (Phi) is 3.82. The van der Waals surface area contributed by atoms with Gasteiger partial charge in [0, 0.05) is 30.8 Å². The summed E-state index contributed by atoms with van der Waals surface area (Å²) < 4.78 is 45.9. The van der Waals surface area contributed by atoms with Crippen molar-refractivity contribution < 1.29 is 17.9 Å². The third-order valence-corrected chi connectivity index (χ3v) is 3.77.